The minimum atomic E-state index is -1.45. The number of carbonyl (C=O) groups excluding carboxylic acids is 1. The molecule has 3 nitrogen and oxygen atoms in total. The zero-order chi connectivity index (χ0) is 15.2. The molecule has 0 amide bonds. The van der Waals surface area contributed by atoms with E-state index in [-0.39, 0.29) is 11.6 Å². The van der Waals surface area contributed by atoms with Crippen molar-refractivity contribution in [1.29, 1.82) is 0 Å². The van der Waals surface area contributed by atoms with Gasteiger partial charge in [-0.25, -0.2) is 0 Å². The lowest BCUT2D eigenvalue weighted by molar-refractivity contribution is -0.108. The summed E-state index contributed by atoms with van der Waals surface area (Å²) in [6, 6.07) is 0. The van der Waals surface area contributed by atoms with E-state index in [9.17, 15) is 4.79 Å². The first-order chi connectivity index (χ1) is 9.65. The molecular formula is C16H33O3Si. The summed E-state index contributed by atoms with van der Waals surface area (Å²) >= 11 is 0. The SMILES string of the molecule is CCCCCCCCCC(C=O)[Si](OCC)OC(C)C. The predicted molar refractivity (Wildman–Crippen MR) is 86.0 cm³/mol. The molecule has 0 aliphatic carbocycles. The lowest BCUT2D eigenvalue weighted by Crippen LogP contribution is -2.32. The lowest BCUT2D eigenvalue weighted by Gasteiger charge is -2.21. The number of carbonyl (C=O) groups is 1. The van der Waals surface area contributed by atoms with Gasteiger partial charge in [-0.05, 0) is 27.2 Å². The van der Waals surface area contributed by atoms with Crippen molar-refractivity contribution in [2.45, 2.75) is 90.7 Å². The second kappa shape index (κ2) is 13.8. The Hall–Kier alpha value is -0.193. The monoisotopic (exact) mass is 301 g/mol. The van der Waals surface area contributed by atoms with Crippen molar-refractivity contribution in [3.63, 3.8) is 0 Å². The first-order valence-corrected chi connectivity index (χ1v) is 9.66. The van der Waals surface area contributed by atoms with Crippen molar-refractivity contribution in [3.8, 4) is 0 Å². The summed E-state index contributed by atoms with van der Waals surface area (Å²) in [6.45, 7) is 8.82. The van der Waals surface area contributed by atoms with Gasteiger partial charge in [0.2, 0.25) is 0 Å². The molecule has 0 aromatic heterocycles. The third kappa shape index (κ3) is 10.6. The molecule has 4 heteroatoms. The minimum Gasteiger partial charge on any atom is -0.393 e. The number of aldehydes is 1. The molecule has 1 atom stereocenters. The van der Waals surface area contributed by atoms with E-state index in [1.54, 1.807) is 0 Å². The van der Waals surface area contributed by atoms with Crippen LogP contribution in [-0.4, -0.2) is 28.3 Å². The molecule has 0 heterocycles. The van der Waals surface area contributed by atoms with Gasteiger partial charge in [-0.3, -0.25) is 0 Å². The second-order valence-electron chi connectivity index (χ2n) is 5.57. The van der Waals surface area contributed by atoms with E-state index in [4.69, 9.17) is 8.85 Å². The summed E-state index contributed by atoms with van der Waals surface area (Å²) in [4.78, 5) is 11.3. The summed E-state index contributed by atoms with van der Waals surface area (Å²) in [5.41, 5.74) is -0.0296. The van der Waals surface area contributed by atoms with Crippen LogP contribution in [0.5, 0.6) is 0 Å². The highest BCUT2D eigenvalue weighted by atomic mass is 28.3. The fourth-order valence-electron chi connectivity index (χ4n) is 2.17. The standard InChI is InChI=1S/C16H33O3Si/c1-5-7-8-9-10-11-12-13-16(14-17)20(18-6-2)19-15(3)4/h14-16H,5-13H2,1-4H3. The molecular weight excluding hydrogens is 268 g/mol. The highest BCUT2D eigenvalue weighted by Crippen LogP contribution is 2.20. The Morgan fingerprint density at radius 1 is 1.00 bits per heavy atom. The molecule has 0 aromatic rings. The van der Waals surface area contributed by atoms with Crippen LogP contribution in [0.25, 0.3) is 0 Å². The van der Waals surface area contributed by atoms with Crippen LogP contribution in [0.1, 0.15) is 79.1 Å². The maximum absolute atomic E-state index is 11.3. The molecule has 0 aliphatic heterocycles. The summed E-state index contributed by atoms with van der Waals surface area (Å²) < 4.78 is 11.5. The fraction of sp³-hybridized carbons (Fsp3) is 0.938. The van der Waals surface area contributed by atoms with E-state index in [1.165, 1.54) is 38.5 Å². The quantitative estimate of drug-likeness (QED) is 0.266. The Kier molecular flexibility index (Phi) is 13.6. The molecule has 0 fully saturated rings. The third-order valence-electron chi connectivity index (χ3n) is 3.22. The van der Waals surface area contributed by atoms with Crippen molar-refractivity contribution in [3.05, 3.63) is 0 Å². The third-order valence-corrected chi connectivity index (χ3v) is 5.53. The number of rotatable bonds is 14. The van der Waals surface area contributed by atoms with Gasteiger partial charge < -0.3 is 13.6 Å². The predicted octanol–water partition coefficient (Wildman–Crippen LogP) is 4.65. The molecule has 0 spiro atoms. The fourth-order valence-corrected chi connectivity index (χ4v) is 3.92. The van der Waals surface area contributed by atoms with Crippen LogP contribution in [0.4, 0.5) is 0 Å². The first kappa shape index (κ1) is 19.8. The Bertz CT molecular complexity index is 222. The van der Waals surface area contributed by atoms with Gasteiger partial charge in [-0.1, -0.05) is 51.9 Å². The van der Waals surface area contributed by atoms with Gasteiger partial charge in [0, 0.05) is 12.7 Å². The van der Waals surface area contributed by atoms with Gasteiger partial charge in [0.25, 0.3) is 0 Å². The van der Waals surface area contributed by atoms with Crippen LogP contribution >= 0.6 is 0 Å². The Balaban J connectivity index is 3.89. The average molecular weight is 302 g/mol. The van der Waals surface area contributed by atoms with Gasteiger partial charge in [0.15, 0.2) is 0 Å². The molecule has 0 N–H and O–H groups in total. The zero-order valence-corrected chi connectivity index (χ0v) is 14.8. The first-order valence-electron chi connectivity index (χ1n) is 8.27. The van der Waals surface area contributed by atoms with Crippen LogP contribution in [0.15, 0.2) is 0 Å². The van der Waals surface area contributed by atoms with Gasteiger partial charge in [-0.2, -0.15) is 0 Å². The Labute approximate surface area is 127 Å². The van der Waals surface area contributed by atoms with Gasteiger partial charge >= 0.3 is 9.28 Å². The van der Waals surface area contributed by atoms with Gasteiger partial charge in [0.1, 0.15) is 6.29 Å². The molecule has 0 bridgehead atoms. The van der Waals surface area contributed by atoms with Crippen LogP contribution < -0.4 is 0 Å². The number of hydrogen-bond acceptors (Lipinski definition) is 3. The molecule has 0 saturated carbocycles. The summed E-state index contributed by atoms with van der Waals surface area (Å²) in [6.07, 6.45) is 11.0. The lowest BCUT2D eigenvalue weighted by atomic mass is 10.1. The minimum absolute atomic E-state index is 0.0296. The van der Waals surface area contributed by atoms with E-state index < -0.39 is 9.28 Å². The maximum atomic E-state index is 11.3. The van der Waals surface area contributed by atoms with Crippen LogP contribution in [-0.2, 0) is 13.6 Å². The van der Waals surface area contributed by atoms with Crippen LogP contribution in [0.3, 0.4) is 0 Å². The summed E-state index contributed by atoms with van der Waals surface area (Å²) in [5, 5.41) is 0. The molecule has 0 aromatic carbocycles. The zero-order valence-electron chi connectivity index (χ0n) is 13.8. The molecule has 1 unspecified atom stereocenters. The van der Waals surface area contributed by atoms with Gasteiger partial charge in [0.05, 0.1) is 5.54 Å². The molecule has 1 radical (unpaired) electrons. The van der Waals surface area contributed by atoms with E-state index in [2.05, 4.69) is 6.92 Å². The van der Waals surface area contributed by atoms with Crippen LogP contribution in [0, 0.1) is 0 Å². The molecule has 119 valence electrons. The van der Waals surface area contributed by atoms with Crippen molar-refractivity contribution in [2.24, 2.45) is 0 Å². The largest absolute Gasteiger partial charge is 0.395 e. The number of hydrogen-bond donors (Lipinski definition) is 0. The van der Waals surface area contributed by atoms with Crippen molar-refractivity contribution >= 4 is 15.6 Å². The average Bonchev–Trinajstić information content (AvgIpc) is 2.41. The molecule has 0 saturated heterocycles. The smallest absolute Gasteiger partial charge is 0.393 e. The van der Waals surface area contributed by atoms with E-state index >= 15 is 0 Å². The molecule has 0 rings (SSSR count). The second-order valence-corrected chi connectivity index (χ2v) is 7.48. The normalized spacial score (nSPS) is 13.1. The Morgan fingerprint density at radius 3 is 2.10 bits per heavy atom. The molecule has 20 heavy (non-hydrogen) atoms. The summed E-state index contributed by atoms with van der Waals surface area (Å²) in [7, 11) is -1.45. The topological polar surface area (TPSA) is 35.5 Å². The van der Waals surface area contributed by atoms with Crippen molar-refractivity contribution in [1.82, 2.24) is 0 Å². The van der Waals surface area contributed by atoms with E-state index in [0.29, 0.717) is 6.61 Å². The number of unbranched alkanes of at least 4 members (excludes halogenated alkanes) is 6. The highest BCUT2D eigenvalue weighted by molar-refractivity contribution is 6.50. The van der Waals surface area contributed by atoms with E-state index in [1.807, 2.05) is 20.8 Å². The van der Waals surface area contributed by atoms with Crippen LogP contribution in [0.2, 0.25) is 5.54 Å². The maximum Gasteiger partial charge on any atom is 0.395 e. The Morgan fingerprint density at radius 2 is 1.60 bits per heavy atom. The van der Waals surface area contributed by atoms with Gasteiger partial charge in [-0.15, -0.1) is 0 Å². The van der Waals surface area contributed by atoms with Crippen molar-refractivity contribution in [2.75, 3.05) is 6.61 Å². The van der Waals surface area contributed by atoms with E-state index in [0.717, 1.165) is 19.1 Å². The molecule has 0 aliphatic rings. The highest BCUT2D eigenvalue weighted by Gasteiger charge is 2.28. The summed E-state index contributed by atoms with van der Waals surface area (Å²) in [5.74, 6) is 0. The van der Waals surface area contributed by atoms with Crippen molar-refractivity contribution < 1.29 is 13.6 Å².